The maximum absolute atomic E-state index is 11.7. The van der Waals surface area contributed by atoms with Crippen LogP contribution in [-0.4, -0.2) is 16.1 Å². The smallest absolute Gasteiger partial charge is 0.270 e. The number of hydrogen-bond donors (Lipinski definition) is 1. The maximum atomic E-state index is 11.7. The van der Waals surface area contributed by atoms with Crippen molar-refractivity contribution in [2.75, 3.05) is 5.43 Å². The highest BCUT2D eigenvalue weighted by Gasteiger charge is 2.05. The normalized spacial score (nSPS) is 11.0. The number of hydrogen-bond acceptors (Lipinski definition) is 6. The van der Waals surface area contributed by atoms with Gasteiger partial charge < -0.3 is 5.11 Å². The number of nitrogens with one attached hydrogen (secondary N) is 1. The van der Waals surface area contributed by atoms with Crippen molar-refractivity contribution >= 4 is 40.1 Å². The summed E-state index contributed by atoms with van der Waals surface area (Å²) in [5, 5.41) is 27.8. The van der Waals surface area contributed by atoms with Crippen LogP contribution in [-0.2, 0) is 0 Å². The second-order valence-corrected chi connectivity index (χ2v) is 5.31. The molecule has 1 heterocycles. The number of pyridine rings is 1. The summed E-state index contributed by atoms with van der Waals surface area (Å²) in [5.74, 6) is -0.350. The van der Waals surface area contributed by atoms with Crippen LogP contribution in [0.2, 0.25) is 5.02 Å². The first-order chi connectivity index (χ1) is 11.5. The lowest BCUT2D eigenvalue weighted by Crippen LogP contribution is -1.99. The summed E-state index contributed by atoms with van der Waals surface area (Å²) in [7, 11) is 0. The number of non-ortho nitro benzene ring substituents is 1. The predicted molar refractivity (Wildman–Crippen MR) is 90.5 cm³/mol. The number of hydrazone groups is 1. The van der Waals surface area contributed by atoms with Crippen molar-refractivity contribution in [3.05, 3.63) is 69.4 Å². The van der Waals surface area contributed by atoms with E-state index in [1.54, 1.807) is 30.5 Å². The summed E-state index contributed by atoms with van der Waals surface area (Å²) in [6.07, 6.45) is 2.85. The molecule has 24 heavy (non-hydrogen) atoms. The van der Waals surface area contributed by atoms with Gasteiger partial charge in [0.2, 0.25) is 0 Å². The van der Waals surface area contributed by atoms with Gasteiger partial charge in [0, 0.05) is 28.7 Å². The molecule has 0 saturated carbocycles. The zero-order chi connectivity index (χ0) is 17.1. The number of nitro groups is 1. The molecule has 0 saturated heterocycles. The number of halogens is 1. The van der Waals surface area contributed by atoms with Gasteiger partial charge in [-0.25, -0.2) is 0 Å². The van der Waals surface area contributed by atoms with Gasteiger partial charge in [-0.3, -0.25) is 20.5 Å². The van der Waals surface area contributed by atoms with Crippen molar-refractivity contribution in [3.8, 4) is 5.75 Å². The van der Waals surface area contributed by atoms with E-state index in [-0.39, 0.29) is 17.0 Å². The molecule has 0 radical (unpaired) electrons. The van der Waals surface area contributed by atoms with Crippen LogP contribution in [0.1, 0.15) is 5.56 Å². The molecule has 8 heteroatoms. The minimum absolute atomic E-state index is 0.123. The Balaban J connectivity index is 1.87. The standard InChI is InChI=1S/C16H11ClN4O3/c17-11-1-3-13-14(5-6-18-15(13)8-11)20-19-9-10-7-12(21(23)24)2-4-16(10)22/h1-9,22H,(H,18,20)/p-1. The van der Waals surface area contributed by atoms with E-state index in [0.717, 1.165) is 17.5 Å². The minimum atomic E-state index is -0.565. The van der Waals surface area contributed by atoms with Crippen molar-refractivity contribution in [3.63, 3.8) is 0 Å². The molecule has 0 fully saturated rings. The molecular formula is C16H10ClN4O3-. The van der Waals surface area contributed by atoms with Gasteiger partial charge in [0.25, 0.3) is 5.69 Å². The Labute approximate surface area is 141 Å². The van der Waals surface area contributed by atoms with Gasteiger partial charge in [0.05, 0.1) is 22.3 Å². The summed E-state index contributed by atoms with van der Waals surface area (Å²) >= 11 is 5.93. The summed E-state index contributed by atoms with van der Waals surface area (Å²) in [4.78, 5) is 14.4. The number of nitrogens with zero attached hydrogens (tertiary/aromatic N) is 3. The van der Waals surface area contributed by atoms with E-state index in [4.69, 9.17) is 11.6 Å². The van der Waals surface area contributed by atoms with Gasteiger partial charge in [-0.2, -0.15) is 5.10 Å². The molecule has 0 aliphatic rings. The van der Waals surface area contributed by atoms with E-state index in [9.17, 15) is 15.2 Å². The van der Waals surface area contributed by atoms with Crippen LogP contribution < -0.4 is 10.5 Å². The number of rotatable bonds is 4. The van der Waals surface area contributed by atoms with Crippen LogP contribution in [0.4, 0.5) is 11.4 Å². The summed E-state index contributed by atoms with van der Waals surface area (Å²) in [6, 6.07) is 10.5. The highest BCUT2D eigenvalue weighted by molar-refractivity contribution is 6.31. The third-order valence-corrected chi connectivity index (χ3v) is 3.53. The molecule has 0 spiro atoms. The Morgan fingerprint density at radius 2 is 2.04 bits per heavy atom. The lowest BCUT2D eigenvalue weighted by Gasteiger charge is -2.09. The zero-order valence-electron chi connectivity index (χ0n) is 12.1. The van der Waals surface area contributed by atoms with Crippen LogP contribution in [0.3, 0.4) is 0 Å². The Morgan fingerprint density at radius 3 is 2.83 bits per heavy atom. The number of aromatic nitrogens is 1. The highest BCUT2D eigenvalue weighted by atomic mass is 35.5. The molecule has 0 amide bonds. The van der Waals surface area contributed by atoms with E-state index in [0.29, 0.717) is 16.2 Å². The Morgan fingerprint density at radius 1 is 1.21 bits per heavy atom. The molecule has 3 aromatic rings. The largest absolute Gasteiger partial charge is 0.872 e. The van der Waals surface area contributed by atoms with Gasteiger partial charge in [0.1, 0.15) is 0 Å². The van der Waals surface area contributed by atoms with Crippen LogP contribution in [0.25, 0.3) is 10.9 Å². The molecule has 0 aliphatic heterocycles. The zero-order valence-corrected chi connectivity index (χ0v) is 12.9. The van der Waals surface area contributed by atoms with Crippen LogP contribution in [0.5, 0.6) is 5.75 Å². The molecule has 3 rings (SSSR count). The van der Waals surface area contributed by atoms with Crippen molar-refractivity contribution < 1.29 is 10.0 Å². The molecule has 0 bridgehead atoms. The molecular weight excluding hydrogens is 332 g/mol. The average molecular weight is 342 g/mol. The number of benzene rings is 2. The summed E-state index contributed by atoms with van der Waals surface area (Å²) in [6.45, 7) is 0. The minimum Gasteiger partial charge on any atom is -0.872 e. The van der Waals surface area contributed by atoms with E-state index in [1.807, 2.05) is 0 Å². The van der Waals surface area contributed by atoms with Gasteiger partial charge in [-0.1, -0.05) is 23.4 Å². The van der Waals surface area contributed by atoms with Crippen molar-refractivity contribution in [2.24, 2.45) is 5.10 Å². The SMILES string of the molecule is O=[N+]([O-])c1ccc([O-])c(C=NNc2ccnc3cc(Cl)ccc23)c1. The van der Waals surface area contributed by atoms with Gasteiger partial charge in [-0.15, -0.1) is 0 Å². The molecule has 0 atom stereocenters. The van der Waals surface area contributed by atoms with E-state index < -0.39 is 4.92 Å². The third kappa shape index (κ3) is 3.26. The predicted octanol–water partition coefficient (Wildman–Crippen LogP) is 3.32. The van der Waals surface area contributed by atoms with Crippen LogP contribution >= 0.6 is 11.6 Å². The summed E-state index contributed by atoms with van der Waals surface area (Å²) < 4.78 is 0. The maximum Gasteiger partial charge on any atom is 0.270 e. The topological polar surface area (TPSA) is 103 Å². The lowest BCUT2D eigenvalue weighted by molar-refractivity contribution is -0.385. The molecule has 2 aromatic carbocycles. The Hall–Kier alpha value is -3.19. The van der Waals surface area contributed by atoms with E-state index in [1.165, 1.54) is 12.3 Å². The van der Waals surface area contributed by atoms with Gasteiger partial charge >= 0.3 is 0 Å². The quantitative estimate of drug-likeness (QED) is 0.445. The fraction of sp³-hybridized carbons (Fsp3) is 0. The first-order valence-corrected chi connectivity index (χ1v) is 7.21. The fourth-order valence-electron chi connectivity index (χ4n) is 2.14. The van der Waals surface area contributed by atoms with E-state index >= 15 is 0 Å². The molecule has 1 aromatic heterocycles. The number of anilines is 1. The first kappa shape index (κ1) is 15.7. The lowest BCUT2D eigenvalue weighted by atomic mass is 10.2. The Bertz CT molecular complexity index is 959. The second-order valence-electron chi connectivity index (χ2n) is 4.87. The monoisotopic (exact) mass is 341 g/mol. The summed E-state index contributed by atoms with van der Waals surface area (Å²) in [5.41, 5.74) is 4.13. The molecule has 120 valence electrons. The molecule has 7 nitrogen and oxygen atoms in total. The van der Waals surface area contributed by atoms with Crippen molar-refractivity contribution in [1.82, 2.24) is 4.98 Å². The van der Waals surface area contributed by atoms with Gasteiger partial charge in [0.15, 0.2) is 0 Å². The average Bonchev–Trinajstić information content (AvgIpc) is 2.56. The fourth-order valence-corrected chi connectivity index (χ4v) is 2.31. The van der Waals surface area contributed by atoms with E-state index in [2.05, 4.69) is 15.5 Å². The molecule has 1 N–H and O–H groups in total. The number of fused-ring (bicyclic) bond motifs is 1. The van der Waals surface area contributed by atoms with Crippen LogP contribution in [0, 0.1) is 10.1 Å². The van der Waals surface area contributed by atoms with Crippen LogP contribution in [0.15, 0.2) is 53.8 Å². The molecule has 0 aliphatic carbocycles. The Kier molecular flexibility index (Phi) is 4.26. The third-order valence-electron chi connectivity index (χ3n) is 3.30. The second kappa shape index (κ2) is 6.51. The highest BCUT2D eigenvalue weighted by Crippen LogP contribution is 2.24. The molecule has 0 unspecified atom stereocenters. The van der Waals surface area contributed by atoms with Crippen molar-refractivity contribution in [2.45, 2.75) is 0 Å². The van der Waals surface area contributed by atoms with Gasteiger partial charge in [-0.05, 0) is 29.8 Å². The number of nitro benzene ring substituents is 1. The van der Waals surface area contributed by atoms with Crippen molar-refractivity contribution in [1.29, 1.82) is 0 Å². The first-order valence-electron chi connectivity index (χ1n) is 6.83.